The second-order valence-electron chi connectivity index (χ2n) is 22.2. The third-order valence-corrected chi connectivity index (χ3v) is 22.8. The molecule has 0 saturated carbocycles. The van der Waals surface area contributed by atoms with Gasteiger partial charge in [0.2, 0.25) is 0 Å². The summed E-state index contributed by atoms with van der Waals surface area (Å²) >= 11 is 11.7. The van der Waals surface area contributed by atoms with Crippen LogP contribution in [-0.2, 0) is 0 Å². The van der Waals surface area contributed by atoms with E-state index in [0.29, 0.717) is 11.8 Å². The molecule has 0 nitrogen and oxygen atoms in total. The molecule has 0 saturated heterocycles. The van der Waals surface area contributed by atoms with Gasteiger partial charge in [0.15, 0.2) is 0 Å². The number of thiophene rings is 6. The average molecular weight is 1110 g/mol. The highest BCUT2D eigenvalue weighted by Crippen LogP contribution is 2.52. The molecule has 2 unspecified atom stereocenters. The smallest absolute Gasteiger partial charge is 0.0634 e. The zero-order valence-corrected chi connectivity index (χ0v) is 52.3. The van der Waals surface area contributed by atoms with Gasteiger partial charge in [-0.1, -0.05) is 283 Å². The molecular weight excluding hydrogens is 1010 g/mol. The number of hydrogen-bond acceptors (Lipinski definition) is 6. The van der Waals surface area contributed by atoms with E-state index in [4.69, 9.17) is 0 Å². The van der Waals surface area contributed by atoms with Crippen molar-refractivity contribution in [1.29, 1.82) is 0 Å². The van der Waals surface area contributed by atoms with E-state index in [1.54, 1.807) is 0 Å². The quantitative estimate of drug-likeness (QED) is 0.0265. The number of hydrogen-bond donors (Lipinski definition) is 0. The Morgan fingerprint density at radius 1 is 0.324 bits per heavy atom. The largest absolute Gasteiger partial charge is 0.143 e. The summed E-state index contributed by atoms with van der Waals surface area (Å²) in [6, 6.07) is 9.58. The van der Waals surface area contributed by atoms with E-state index < -0.39 is 0 Å². The SMILES string of the molecule is CCCCCCCCCCCCC(C#Cc1c(-c2cc3sccc3s2)sc2c(C#CC(CCCCCCCCCC)CCCCCCCCCCCC)c(-c3cc4sccc4s3)sc12)CCCCCCCCCC. The molecule has 2 atom stereocenters. The maximum atomic E-state index is 4.08. The highest BCUT2D eigenvalue weighted by Gasteiger charge is 2.24. The molecular formula is C68H100S6. The van der Waals surface area contributed by atoms with Crippen LogP contribution in [0.3, 0.4) is 0 Å². The summed E-state index contributed by atoms with van der Waals surface area (Å²) < 4.78 is 8.41. The minimum atomic E-state index is 0.462. The fraction of sp³-hybridized carbons (Fsp3) is 0.676. The van der Waals surface area contributed by atoms with Crippen molar-refractivity contribution in [3.8, 4) is 43.2 Å². The van der Waals surface area contributed by atoms with Gasteiger partial charge in [0, 0.05) is 40.4 Å². The molecule has 0 aromatic carbocycles. The molecule has 6 heteroatoms. The van der Waals surface area contributed by atoms with Gasteiger partial charge in [0.05, 0.1) is 30.3 Å². The van der Waals surface area contributed by atoms with Gasteiger partial charge in [0.1, 0.15) is 0 Å². The summed E-state index contributed by atoms with van der Waals surface area (Å²) in [5.74, 6) is 17.2. The fourth-order valence-corrected chi connectivity index (χ4v) is 18.1. The van der Waals surface area contributed by atoms with Crippen LogP contribution in [0.2, 0.25) is 0 Å². The predicted octanol–water partition coefficient (Wildman–Crippen LogP) is 26.5. The van der Waals surface area contributed by atoms with Crippen LogP contribution in [-0.4, -0.2) is 0 Å². The lowest BCUT2D eigenvalue weighted by Gasteiger charge is -2.11. The van der Waals surface area contributed by atoms with Gasteiger partial charge in [0.25, 0.3) is 0 Å². The second kappa shape index (κ2) is 37.8. The first-order chi connectivity index (χ1) is 36.6. The minimum Gasteiger partial charge on any atom is -0.143 e. The van der Waals surface area contributed by atoms with Gasteiger partial charge < -0.3 is 0 Å². The van der Waals surface area contributed by atoms with Crippen molar-refractivity contribution in [3.63, 3.8) is 0 Å². The molecule has 0 N–H and O–H groups in total. The topological polar surface area (TPSA) is 0 Å². The van der Waals surface area contributed by atoms with Crippen molar-refractivity contribution in [3.05, 3.63) is 46.2 Å². The summed E-state index contributed by atoms with van der Waals surface area (Å²) in [5, 5.41) is 4.51. The van der Waals surface area contributed by atoms with E-state index in [9.17, 15) is 0 Å². The highest BCUT2D eigenvalue weighted by molar-refractivity contribution is 7.36. The van der Waals surface area contributed by atoms with Gasteiger partial charge in [-0.25, -0.2) is 0 Å². The molecule has 6 aromatic heterocycles. The van der Waals surface area contributed by atoms with Crippen molar-refractivity contribution in [2.45, 2.75) is 285 Å². The van der Waals surface area contributed by atoms with Gasteiger partial charge in [-0.05, 0) is 60.7 Å². The zero-order valence-electron chi connectivity index (χ0n) is 47.4. The number of fused-ring (bicyclic) bond motifs is 3. The lowest BCUT2D eigenvalue weighted by atomic mass is 9.94. The van der Waals surface area contributed by atoms with Crippen LogP contribution in [0.25, 0.3) is 47.7 Å². The predicted molar refractivity (Wildman–Crippen MR) is 345 cm³/mol. The molecule has 0 spiro atoms. The molecule has 6 heterocycles. The van der Waals surface area contributed by atoms with Crippen molar-refractivity contribution in [1.82, 2.24) is 0 Å². The Bertz CT molecular complexity index is 2260. The Morgan fingerprint density at radius 3 is 0.865 bits per heavy atom. The normalized spacial score (nSPS) is 12.5. The van der Waals surface area contributed by atoms with Crippen molar-refractivity contribution in [2.24, 2.45) is 11.8 Å². The van der Waals surface area contributed by atoms with Gasteiger partial charge in [-0.15, -0.1) is 68.0 Å². The number of rotatable bonds is 42. The summed E-state index contributed by atoms with van der Waals surface area (Å²) in [7, 11) is 0. The molecule has 408 valence electrons. The summed E-state index contributed by atoms with van der Waals surface area (Å²) in [4.78, 5) is 5.56. The van der Waals surface area contributed by atoms with Gasteiger partial charge >= 0.3 is 0 Å². The summed E-state index contributed by atoms with van der Waals surface area (Å²) in [6.45, 7) is 9.30. The standard InChI is InChI=1S/C68H100S6/c1-5-9-13-17-21-25-27-31-35-39-43-55(41-37-33-29-23-19-15-11-7-3)45-47-57-65(63-53-61-59(71-63)49-51-69-61)73-68-58(66(74-67(57)68)64-54-62-60(72-64)50-52-70-62)48-46-56(42-38-34-30-24-20-16-12-8-4)44-40-36-32-28-26-22-18-14-10-6-2/h49-56H,5-44H2,1-4H3. The molecule has 0 amide bonds. The van der Waals surface area contributed by atoms with E-state index in [1.807, 2.05) is 68.0 Å². The van der Waals surface area contributed by atoms with Crippen molar-refractivity contribution in [2.75, 3.05) is 0 Å². The van der Waals surface area contributed by atoms with E-state index in [1.165, 1.54) is 316 Å². The first-order valence-corrected chi connectivity index (χ1v) is 36.2. The second-order valence-corrected chi connectivity index (χ2v) is 28.3. The lowest BCUT2D eigenvalue weighted by molar-refractivity contribution is 0.472. The molecule has 6 aromatic rings. The third kappa shape index (κ3) is 21.7. The molecule has 0 radical (unpaired) electrons. The highest BCUT2D eigenvalue weighted by atomic mass is 32.1. The summed E-state index contributed by atoms with van der Waals surface area (Å²) in [6.07, 6.45) is 54.8. The minimum absolute atomic E-state index is 0.462. The van der Waals surface area contributed by atoms with Crippen LogP contribution in [0.5, 0.6) is 0 Å². The van der Waals surface area contributed by atoms with Gasteiger partial charge in [-0.3, -0.25) is 0 Å². The molecule has 0 aliphatic rings. The van der Waals surface area contributed by atoms with Gasteiger partial charge in [-0.2, -0.15) is 0 Å². The maximum absolute atomic E-state index is 4.08. The Morgan fingerprint density at radius 2 is 0.595 bits per heavy atom. The lowest BCUT2D eigenvalue weighted by Crippen LogP contribution is -1.98. The van der Waals surface area contributed by atoms with Crippen LogP contribution < -0.4 is 0 Å². The molecule has 0 fully saturated rings. The molecule has 74 heavy (non-hydrogen) atoms. The van der Waals surface area contributed by atoms with E-state index in [-0.39, 0.29) is 0 Å². The maximum Gasteiger partial charge on any atom is 0.0634 e. The van der Waals surface area contributed by atoms with Crippen molar-refractivity contribution >= 4 is 96.2 Å². The van der Waals surface area contributed by atoms with Crippen LogP contribution >= 0.6 is 68.0 Å². The average Bonchev–Trinajstić information content (AvgIpc) is 4.29. The fourth-order valence-electron chi connectivity index (χ4n) is 11.0. The van der Waals surface area contributed by atoms with Crippen molar-refractivity contribution < 1.29 is 0 Å². The van der Waals surface area contributed by atoms with Crippen LogP contribution in [0.15, 0.2) is 35.0 Å². The van der Waals surface area contributed by atoms with Crippen LogP contribution in [0, 0.1) is 35.5 Å². The molecule has 6 rings (SSSR count). The summed E-state index contributed by atoms with van der Waals surface area (Å²) in [5.41, 5.74) is 2.59. The van der Waals surface area contributed by atoms with E-state index >= 15 is 0 Å². The number of unbranched alkanes of at least 4 members (excludes halogenated alkanes) is 32. The molecule has 0 aliphatic carbocycles. The Labute approximate surface area is 478 Å². The molecule has 0 bridgehead atoms. The monoisotopic (exact) mass is 1110 g/mol. The Hall–Kier alpha value is -1.90. The van der Waals surface area contributed by atoms with E-state index in [2.05, 4.69) is 86.4 Å². The van der Waals surface area contributed by atoms with E-state index in [0.717, 1.165) is 0 Å². The third-order valence-electron chi connectivity index (χ3n) is 15.7. The first-order valence-electron chi connectivity index (χ1n) is 31.2. The Balaban J connectivity index is 1.28. The Kier molecular flexibility index (Phi) is 31.3. The van der Waals surface area contributed by atoms with Crippen LogP contribution in [0.4, 0.5) is 0 Å². The first kappa shape index (κ1) is 61.3. The zero-order chi connectivity index (χ0) is 51.7. The molecule has 0 aliphatic heterocycles. The van der Waals surface area contributed by atoms with Crippen LogP contribution in [0.1, 0.15) is 296 Å².